The Balaban J connectivity index is 1.74. The second kappa shape index (κ2) is 10.2. The van der Waals surface area contributed by atoms with Crippen molar-refractivity contribution in [2.75, 3.05) is 5.32 Å². The predicted octanol–water partition coefficient (Wildman–Crippen LogP) is 7.72. The van der Waals surface area contributed by atoms with Crippen LogP contribution in [0.25, 0.3) is 11.3 Å². The third-order valence-electron chi connectivity index (χ3n) is 4.78. The van der Waals surface area contributed by atoms with Gasteiger partial charge in [-0.05, 0) is 35.9 Å². The Hall–Kier alpha value is -3.54. The second-order valence-corrected chi connectivity index (χ2v) is 8.55. The first kappa shape index (κ1) is 23.6. The number of thioether (sulfide) groups is 1. The van der Waals surface area contributed by atoms with Gasteiger partial charge in [-0.25, -0.2) is 9.97 Å². The van der Waals surface area contributed by atoms with Crippen molar-refractivity contribution >= 4 is 34.9 Å². The highest BCUT2D eigenvalue weighted by Crippen LogP contribution is 2.34. The molecule has 3 aromatic carbocycles. The first-order valence-electron chi connectivity index (χ1n) is 10.0. The SMILES string of the molecule is N#Cc1c(Nc2cccc(C(F)(F)F)c2)nc(SCc2ccc(Cl)cc2)nc1-c1ccccc1. The molecule has 0 spiro atoms. The van der Waals surface area contributed by atoms with Crippen molar-refractivity contribution in [3.63, 3.8) is 0 Å². The molecule has 0 saturated heterocycles. The van der Waals surface area contributed by atoms with Crippen LogP contribution in [-0.4, -0.2) is 9.97 Å². The molecule has 4 aromatic rings. The van der Waals surface area contributed by atoms with Gasteiger partial charge >= 0.3 is 6.18 Å². The summed E-state index contributed by atoms with van der Waals surface area (Å²) in [6, 6.07) is 23.3. The lowest BCUT2D eigenvalue weighted by Crippen LogP contribution is -2.07. The summed E-state index contributed by atoms with van der Waals surface area (Å²) < 4.78 is 39.5. The van der Waals surface area contributed by atoms with Crippen LogP contribution in [0.15, 0.2) is 84.0 Å². The van der Waals surface area contributed by atoms with Gasteiger partial charge in [-0.15, -0.1) is 0 Å². The molecule has 0 aliphatic heterocycles. The number of hydrogen-bond acceptors (Lipinski definition) is 5. The van der Waals surface area contributed by atoms with Gasteiger partial charge in [0.15, 0.2) is 11.0 Å². The summed E-state index contributed by atoms with van der Waals surface area (Å²) in [7, 11) is 0. The summed E-state index contributed by atoms with van der Waals surface area (Å²) in [4.78, 5) is 9.05. The highest BCUT2D eigenvalue weighted by atomic mass is 35.5. The van der Waals surface area contributed by atoms with E-state index in [0.717, 1.165) is 17.7 Å². The molecule has 0 bridgehead atoms. The highest BCUT2D eigenvalue weighted by Gasteiger charge is 2.30. The number of aromatic nitrogens is 2. The molecule has 4 nitrogen and oxygen atoms in total. The molecule has 0 aliphatic rings. The highest BCUT2D eigenvalue weighted by molar-refractivity contribution is 7.98. The maximum Gasteiger partial charge on any atom is 0.416 e. The third-order valence-corrected chi connectivity index (χ3v) is 5.95. The molecule has 0 atom stereocenters. The molecular formula is C25H16ClF3N4S. The summed E-state index contributed by atoms with van der Waals surface area (Å²) in [6.45, 7) is 0. The number of nitrogens with zero attached hydrogens (tertiary/aromatic N) is 3. The smallest absolute Gasteiger partial charge is 0.339 e. The van der Waals surface area contributed by atoms with Crippen LogP contribution in [0.5, 0.6) is 0 Å². The normalized spacial score (nSPS) is 11.1. The van der Waals surface area contributed by atoms with Crippen LogP contribution in [0, 0.1) is 11.3 Å². The topological polar surface area (TPSA) is 61.6 Å². The molecule has 0 radical (unpaired) electrons. The molecule has 0 fully saturated rings. The van der Waals surface area contributed by atoms with Crippen LogP contribution in [0.2, 0.25) is 5.02 Å². The van der Waals surface area contributed by atoms with E-state index in [0.29, 0.717) is 27.2 Å². The van der Waals surface area contributed by atoms with Gasteiger partial charge in [0.1, 0.15) is 11.6 Å². The summed E-state index contributed by atoms with van der Waals surface area (Å²) in [5.41, 5.74) is 1.59. The molecule has 170 valence electrons. The Labute approximate surface area is 203 Å². The Morgan fingerprint density at radius 2 is 1.68 bits per heavy atom. The fraction of sp³-hybridized carbons (Fsp3) is 0.0800. The summed E-state index contributed by atoms with van der Waals surface area (Å²) in [5.74, 6) is 0.676. The Kier molecular flexibility index (Phi) is 7.06. The molecule has 0 aliphatic carbocycles. The number of hydrogen-bond donors (Lipinski definition) is 1. The summed E-state index contributed by atoms with van der Waals surface area (Å²) in [6.07, 6.45) is -4.49. The van der Waals surface area contributed by atoms with Gasteiger partial charge in [-0.2, -0.15) is 18.4 Å². The lowest BCUT2D eigenvalue weighted by Gasteiger charge is -2.14. The number of benzene rings is 3. The fourth-order valence-corrected chi connectivity index (χ4v) is 4.07. The molecule has 4 rings (SSSR count). The zero-order valence-electron chi connectivity index (χ0n) is 17.5. The third kappa shape index (κ3) is 5.68. The van der Waals surface area contributed by atoms with Crippen molar-refractivity contribution in [3.8, 4) is 17.3 Å². The largest absolute Gasteiger partial charge is 0.416 e. The molecule has 0 amide bonds. The molecule has 0 saturated carbocycles. The summed E-state index contributed by atoms with van der Waals surface area (Å²) in [5, 5.41) is 13.8. The van der Waals surface area contributed by atoms with Gasteiger partial charge in [0.25, 0.3) is 0 Å². The van der Waals surface area contributed by atoms with Gasteiger partial charge in [-0.3, -0.25) is 0 Å². The zero-order valence-corrected chi connectivity index (χ0v) is 19.0. The predicted molar refractivity (Wildman–Crippen MR) is 128 cm³/mol. The van der Waals surface area contributed by atoms with Crippen LogP contribution >= 0.6 is 23.4 Å². The molecule has 1 N–H and O–H groups in total. The molecule has 1 heterocycles. The van der Waals surface area contributed by atoms with Crippen molar-refractivity contribution in [2.45, 2.75) is 17.1 Å². The molecule has 1 aromatic heterocycles. The summed E-state index contributed by atoms with van der Waals surface area (Å²) >= 11 is 7.29. The van der Waals surface area contributed by atoms with Gasteiger partial charge in [0, 0.05) is 22.0 Å². The van der Waals surface area contributed by atoms with E-state index in [1.807, 2.05) is 42.5 Å². The minimum absolute atomic E-state index is 0.134. The number of nitrogens with one attached hydrogen (secondary N) is 1. The van der Waals surface area contributed by atoms with E-state index in [1.54, 1.807) is 12.1 Å². The van der Waals surface area contributed by atoms with Crippen molar-refractivity contribution in [2.24, 2.45) is 0 Å². The zero-order chi connectivity index (χ0) is 24.1. The molecule has 9 heteroatoms. The van der Waals surface area contributed by atoms with Crippen molar-refractivity contribution in [3.05, 3.63) is 101 Å². The van der Waals surface area contributed by atoms with E-state index in [1.165, 1.54) is 23.9 Å². The van der Waals surface area contributed by atoms with E-state index < -0.39 is 11.7 Å². The second-order valence-electron chi connectivity index (χ2n) is 7.17. The minimum atomic E-state index is -4.49. The van der Waals surface area contributed by atoms with Crippen molar-refractivity contribution in [1.29, 1.82) is 5.26 Å². The van der Waals surface area contributed by atoms with Gasteiger partial charge in [0.2, 0.25) is 0 Å². The van der Waals surface area contributed by atoms with Crippen LogP contribution in [-0.2, 0) is 11.9 Å². The first-order chi connectivity index (χ1) is 16.3. The minimum Gasteiger partial charge on any atom is -0.339 e. The molecular weight excluding hydrogens is 481 g/mol. The Bertz CT molecular complexity index is 1340. The average molecular weight is 497 g/mol. The maximum atomic E-state index is 13.2. The monoisotopic (exact) mass is 496 g/mol. The standard InChI is InChI=1S/C25H16ClF3N4S/c26-19-11-9-16(10-12-19)15-34-24-32-22(17-5-2-1-3-6-17)21(14-30)23(33-24)31-20-8-4-7-18(13-20)25(27,28)29/h1-13H,15H2,(H,31,32,33). The average Bonchev–Trinajstić information content (AvgIpc) is 2.83. The number of rotatable bonds is 6. The van der Waals surface area contributed by atoms with Crippen LogP contribution < -0.4 is 5.32 Å². The van der Waals surface area contributed by atoms with Gasteiger partial charge in [0.05, 0.1) is 11.3 Å². The van der Waals surface area contributed by atoms with E-state index in [4.69, 9.17) is 11.6 Å². The Morgan fingerprint density at radius 3 is 2.35 bits per heavy atom. The quantitative estimate of drug-likeness (QED) is 0.218. The van der Waals surface area contributed by atoms with Crippen LogP contribution in [0.4, 0.5) is 24.7 Å². The number of nitriles is 1. The maximum absolute atomic E-state index is 13.2. The number of alkyl halides is 3. The Morgan fingerprint density at radius 1 is 0.941 bits per heavy atom. The van der Waals surface area contributed by atoms with E-state index in [2.05, 4.69) is 21.4 Å². The molecule has 0 unspecified atom stereocenters. The van der Waals surface area contributed by atoms with E-state index >= 15 is 0 Å². The van der Waals surface area contributed by atoms with E-state index in [-0.39, 0.29) is 17.1 Å². The van der Waals surface area contributed by atoms with Crippen LogP contribution in [0.1, 0.15) is 16.7 Å². The van der Waals surface area contributed by atoms with Crippen LogP contribution in [0.3, 0.4) is 0 Å². The molecule has 34 heavy (non-hydrogen) atoms. The van der Waals surface area contributed by atoms with Gasteiger partial charge < -0.3 is 5.32 Å². The van der Waals surface area contributed by atoms with E-state index in [9.17, 15) is 18.4 Å². The lowest BCUT2D eigenvalue weighted by molar-refractivity contribution is -0.137. The number of anilines is 2. The lowest BCUT2D eigenvalue weighted by atomic mass is 10.1. The first-order valence-corrected chi connectivity index (χ1v) is 11.4. The van der Waals surface area contributed by atoms with Gasteiger partial charge in [-0.1, -0.05) is 71.9 Å². The van der Waals surface area contributed by atoms with Crippen molar-refractivity contribution in [1.82, 2.24) is 9.97 Å². The number of halogens is 4. The fourth-order valence-electron chi connectivity index (χ4n) is 3.14. The van der Waals surface area contributed by atoms with Crippen molar-refractivity contribution < 1.29 is 13.2 Å².